The lowest BCUT2D eigenvalue weighted by Gasteiger charge is -2.10. The van der Waals surface area contributed by atoms with Crippen LogP contribution in [0.4, 0.5) is 0 Å². The second-order valence-corrected chi connectivity index (χ2v) is 8.33. The average Bonchev–Trinajstić information content (AvgIpc) is 2.51. The normalized spacial score (nSPS) is 10.6. The number of rotatable bonds is 5. The van der Waals surface area contributed by atoms with E-state index in [0.29, 0.717) is 11.5 Å². The van der Waals surface area contributed by atoms with Gasteiger partial charge < -0.3 is 0 Å². The van der Waals surface area contributed by atoms with Crippen molar-refractivity contribution in [1.29, 1.82) is 0 Å². The topological polar surface area (TPSA) is 34.1 Å². The van der Waals surface area contributed by atoms with Crippen molar-refractivity contribution in [1.82, 2.24) is 0 Å². The summed E-state index contributed by atoms with van der Waals surface area (Å²) in [5, 5.41) is 0.220. The molecule has 23 heavy (non-hydrogen) atoms. The minimum atomic E-state index is 0.110. The van der Waals surface area contributed by atoms with Crippen LogP contribution < -0.4 is 0 Å². The van der Waals surface area contributed by atoms with E-state index in [1.807, 2.05) is 12.1 Å². The van der Waals surface area contributed by atoms with E-state index in [9.17, 15) is 9.59 Å². The molecule has 120 valence electrons. The molecule has 2 rings (SSSR count). The molecule has 2 nitrogen and oxygen atoms in total. The maximum Gasteiger partial charge on any atom is 0.186 e. The van der Waals surface area contributed by atoms with E-state index in [1.165, 1.54) is 23.5 Å². The van der Waals surface area contributed by atoms with E-state index < -0.39 is 0 Å². The Bertz CT molecular complexity index is 675. The van der Waals surface area contributed by atoms with Gasteiger partial charge in [0.2, 0.25) is 0 Å². The zero-order valence-corrected chi connectivity index (χ0v) is 16.2. The summed E-state index contributed by atoms with van der Waals surface area (Å²) in [7, 11) is 0. The van der Waals surface area contributed by atoms with Crippen molar-refractivity contribution in [2.75, 3.05) is 0 Å². The number of hydrogen-bond acceptors (Lipinski definition) is 4. The molecule has 0 radical (unpaired) electrons. The highest BCUT2D eigenvalue weighted by molar-refractivity contribution is 9.10. The van der Waals surface area contributed by atoms with Gasteiger partial charge in [-0.25, -0.2) is 0 Å². The molecule has 0 N–H and O–H groups in total. The maximum atomic E-state index is 11.2. The van der Waals surface area contributed by atoms with Gasteiger partial charge in [-0.3, -0.25) is 9.59 Å². The molecule has 0 aromatic heterocycles. The number of benzene rings is 2. The Hall–Kier alpha value is -1.04. The van der Waals surface area contributed by atoms with Gasteiger partial charge in [0, 0.05) is 29.8 Å². The highest BCUT2D eigenvalue weighted by Crippen LogP contribution is 2.27. The first kappa shape index (κ1) is 18.3. The van der Waals surface area contributed by atoms with Crippen molar-refractivity contribution in [3.05, 3.63) is 58.1 Å². The van der Waals surface area contributed by atoms with Crippen LogP contribution in [-0.4, -0.2) is 10.2 Å². The van der Waals surface area contributed by atoms with Crippen molar-refractivity contribution in [2.45, 2.75) is 25.4 Å². The van der Waals surface area contributed by atoms with Gasteiger partial charge in [-0.1, -0.05) is 69.8 Å². The van der Waals surface area contributed by atoms with Gasteiger partial charge in [-0.15, -0.1) is 0 Å². The Morgan fingerprint density at radius 3 is 1.74 bits per heavy atom. The van der Waals surface area contributed by atoms with Crippen LogP contribution in [0, 0.1) is 0 Å². The highest BCUT2D eigenvalue weighted by Gasteiger charge is 2.07. The van der Waals surface area contributed by atoms with Crippen molar-refractivity contribution in [3.8, 4) is 11.1 Å². The lowest BCUT2D eigenvalue weighted by molar-refractivity contribution is -0.109. The minimum absolute atomic E-state index is 0.110. The van der Waals surface area contributed by atoms with Crippen LogP contribution in [0.5, 0.6) is 0 Å². The molecule has 0 aliphatic rings. The molecule has 2 aromatic carbocycles. The fourth-order valence-electron chi connectivity index (χ4n) is 2.11. The monoisotopic (exact) mass is 408 g/mol. The predicted octanol–water partition coefficient (Wildman–Crippen LogP) is 5.68. The van der Waals surface area contributed by atoms with Crippen LogP contribution in [0.25, 0.3) is 11.1 Å². The lowest BCUT2D eigenvalue weighted by Crippen LogP contribution is -1.92. The van der Waals surface area contributed by atoms with E-state index >= 15 is 0 Å². The third-order valence-corrected chi connectivity index (χ3v) is 5.41. The SMILES string of the molecule is CC(=O)SCc1cc(CSC(C)=O)cc(-c2ccc(Br)cc2)c1. The largest absolute Gasteiger partial charge is 0.288 e. The number of carbonyl (C=O) groups excluding carboxylic acids is 2. The summed E-state index contributed by atoms with van der Waals surface area (Å²) in [4.78, 5) is 22.4. The summed E-state index contributed by atoms with van der Waals surface area (Å²) >= 11 is 6.05. The van der Waals surface area contributed by atoms with Crippen LogP contribution in [0.1, 0.15) is 25.0 Å². The predicted molar refractivity (Wildman–Crippen MR) is 104 cm³/mol. The molecule has 0 saturated carbocycles. The average molecular weight is 409 g/mol. The fourth-order valence-corrected chi connectivity index (χ4v) is 3.45. The summed E-state index contributed by atoms with van der Waals surface area (Å²) in [6.45, 7) is 3.16. The first-order chi connectivity index (χ1) is 10.9. The van der Waals surface area contributed by atoms with Crippen molar-refractivity contribution in [3.63, 3.8) is 0 Å². The van der Waals surface area contributed by atoms with Crippen LogP contribution in [0.2, 0.25) is 0 Å². The third kappa shape index (κ3) is 6.16. The molecule has 2 aromatic rings. The summed E-state index contributed by atoms with van der Waals surface area (Å²) in [6, 6.07) is 14.4. The minimum Gasteiger partial charge on any atom is -0.288 e. The zero-order valence-electron chi connectivity index (χ0n) is 13.0. The molecule has 0 unspecified atom stereocenters. The van der Waals surface area contributed by atoms with Crippen LogP contribution in [0.15, 0.2) is 46.9 Å². The lowest BCUT2D eigenvalue weighted by atomic mass is 10.0. The molecular formula is C18H17BrO2S2. The van der Waals surface area contributed by atoms with Gasteiger partial charge in [0.05, 0.1) is 0 Å². The van der Waals surface area contributed by atoms with E-state index in [4.69, 9.17) is 0 Å². The van der Waals surface area contributed by atoms with Crippen molar-refractivity contribution < 1.29 is 9.59 Å². The Morgan fingerprint density at radius 2 is 1.30 bits per heavy atom. The number of carbonyl (C=O) groups is 2. The van der Waals surface area contributed by atoms with Gasteiger partial charge in [0.1, 0.15) is 0 Å². The molecule has 0 aliphatic heterocycles. The Labute approximate surface area is 153 Å². The van der Waals surface area contributed by atoms with Crippen LogP contribution in [-0.2, 0) is 21.1 Å². The van der Waals surface area contributed by atoms with Gasteiger partial charge >= 0.3 is 0 Å². The van der Waals surface area contributed by atoms with Gasteiger partial charge in [-0.2, -0.15) is 0 Å². The second kappa shape index (κ2) is 8.71. The Morgan fingerprint density at radius 1 is 0.826 bits per heavy atom. The second-order valence-electron chi connectivity index (χ2n) is 5.11. The number of hydrogen-bond donors (Lipinski definition) is 0. The van der Waals surface area contributed by atoms with Crippen molar-refractivity contribution >= 4 is 49.7 Å². The first-order valence-corrected chi connectivity index (χ1v) is 9.86. The van der Waals surface area contributed by atoms with E-state index in [0.717, 1.165) is 26.7 Å². The quantitative estimate of drug-likeness (QED) is 0.637. The smallest absolute Gasteiger partial charge is 0.186 e. The first-order valence-electron chi connectivity index (χ1n) is 7.09. The molecule has 0 saturated heterocycles. The van der Waals surface area contributed by atoms with Gasteiger partial charge in [-0.05, 0) is 34.4 Å². The standard InChI is InChI=1S/C18H17BrO2S2/c1-12(20)22-10-14-7-15(11-23-13(2)21)9-17(8-14)16-3-5-18(19)6-4-16/h3-9H,10-11H2,1-2H3. The van der Waals surface area contributed by atoms with Gasteiger partial charge in [0.25, 0.3) is 0 Å². The van der Waals surface area contributed by atoms with E-state index in [-0.39, 0.29) is 10.2 Å². The molecule has 0 spiro atoms. The summed E-state index contributed by atoms with van der Waals surface area (Å²) in [5.74, 6) is 1.30. The van der Waals surface area contributed by atoms with E-state index in [1.54, 1.807) is 13.8 Å². The van der Waals surface area contributed by atoms with Crippen molar-refractivity contribution in [2.24, 2.45) is 0 Å². The van der Waals surface area contributed by atoms with Crippen LogP contribution >= 0.6 is 39.5 Å². The maximum absolute atomic E-state index is 11.2. The fraction of sp³-hybridized carbons (Fsp3) is 0.222. The molecule has 5 heteroatoms. The highest BCUT2D eigenvalue weighted by atomic mass is 79.9. The molecule has 0 atom stereocenters. The summed E-state index contributed by atoms with van der Waals surface area (Å²) < 4.78 is 1.04. The molecular weight excluding hydrogens is 392 g/mol. The summed E-state index contributed by atoms with van der Waals surface area (Å²) in [5.41, 5.74) is 4.43. The van der Waals surface area contributed by atoms with E-state index in [2.05, 4.69) is 46.3 Å². The zero-order chi connectivity index (χ0) is 16.8. The Balaban J connectivity index is 2.32. The number of thioether (sulfide) groups is 2. The molecule has 0 bridgehead atoms. The third-order valence-electron chi connectivity index (χ3n) is 3.11. The molecule has 0 amide bonds. The molecule has 0 heterocycles. The number of halogens is 1. The molecule has 0 aliphatic carbocycles. The molecule has 0 fully saturated rings. The van der Waals surface area contributed by atoms with Crippen LogP contribution in [0.3, 0.4) is 0 Å². The van der Waals surface area contributed by atoms with Gasteiger partial charge in [0.15, 0.2) is 10.2 Å². The Kier molecular flexibility index (Phi) is 6.93. The summed E-state index contributed by atoms with van der Waals surface area (Å²) in [6.07, 6.45) is 0.